The van der Waals surface area contributed by atoms with E-state index in [2.05, 4.69) is 85.2 Å². The van der Waals surface area contributed by atoms with Gasteiger partial charge >= 0.3 is 0 Å². The molecule has 1 heterocycles. The molecule has 0 radical (unpaired) electrons. The van der Waals surface area contributed by atoms with E-state index < -0.39 is 0 Å². The molecule has 1 aliphatic heterocycles. The summed E-state index contributed by atoms with van der Waals surface area (Å²) in [6.45, 7) is 18.2. The number of piperidine rings is 1. The van der Waals surface area contributed by atoms with Crippen molar-refractivity contribution < 1.29 is 5.11 Å². The molecule has 3 aliphatic rings. The standard InChI is InChI=1S/C23H33NO.C2H5I.C2H6/c1-4-6-18(5-2)16-24-11-9-19(10-12-24)13-20-14-21-15-22(25)7-8-23(21)17(20)3;1-2-3;1-2/h4-6,8,15,19-20,22,25H,3,7,9-14,16H2,1-2H3;2H2,1H3;1-2H3/b6-4-,18-5+;;. The van der Waals surface area contributed by atoms with E-state index in [4.69, 9.17) is 0 Å². The zero-order valence-corrected chi connectivity index (χ0v) is 22.1. The van der Waals surface area contributed by atoms with Crippen molar-refractivity contribution in [1.82, 2.24) is 4.90 Å². The third-order valence-electron chi connectivity index (χ3n) is 6.09. The summed E-state index contributed by atoms with van der Waals surface area (Å²) < 4.78 is 1.22. The number of hydrogen-bond donors (Lipinski definition) is 1. The van der Waals surface area contributed by atoms with Crippen LogP contribution in [-0.2, 0) is 0 Å². The van der Waals surface area contributed by atoms with Crippen LogP contribution >= 0.6 is 22.6 Å². The van der Waals surface area contributed by atoms with Crippen LogP contribution in [0, 0.1) is 11.8 Å². The van der Waals surface area contributed by atoms with Crippen molar-refractivity contribution in [2.45, 2.75) is 72.8 Å². The highest BCUT2D eigenvalue weighted by molar-refractivity contribution is 14.1. The van der Waals surface area contributed by atoms with Crippen LogP contribution in [0.2, 0.25) is 0 Å². The fourth-order valence-corrected chi connectivity index (χ4v) is 4.60. The molecule has 1 saturated heterocycles. The number of aliphatic hydroxyl groups excluding tert-OH is 1. The molecule has 3 heteroatoms. The van der Waals surface area contributed by atoms with Crippen LogP contribution in [-0.4, -0.2) is 40.2 Å². The van der Waals surface area contributed by atoms with Gasteiger partial charge in [0.15, 0.2) is 0 Å². The highest BCUT2D eigenvalue weighted by Gasteiger charge is 2.32. The number of nitrogens with zero attached hydrogens (tertiary/aromatic N) is 1. The normalized spacial score (nSPS) is 25.0. The molecule has 170 valence electrons. The predicted molar refractivity (Wildman–Crippen MR) is 142 cm³/mol. The lowest BCUT2D eigenvalue weighted by Gasteiger charge is -2.33. The van der Waals surface area contributed by atoms with Gasteiger partial charge in [0.1, 0.15) is 0 Å². The lowest BCUT2D eigenvalue weighted by atomic mass is 9.84. The van der Waals surface area contributed by atoms with Crippen LogP contribution in [0.25, 0.3) is 0 Å². The number of likely N-dealkylation sites (tertiary alicyclic amines) is 1. The number of rotatable bonds is 5. The molecule has 2 nitrogen and oxygen atoms in total. The SMILES string of the molecule is C=C1C2=CCC(O)C=C2CC1CC1CCN(CC(/C=C\C)=C/C)CC1.CC.CCI. The summed E-state index contributed by atoms with van der Waals surface area (Å²) in [6, 6.07) is 0. The van der Waals surface area contributed by atoms with Crippen LogP contribution in [0.15, 0.2) is 59.3 Å². The van der Waals surface area contributed by atoms with Gasteiger partial charge in [-0.2, -0.15) is 0 Å². The third kappa shape index (κ3) is 8.47. The lowest BCUT2D eigenvalue weighted by molar-refractivity contribution is 0.183. The van der Waals surface area contributed by atoms with Gasteiger partial charge in [-0.3, -0.25) is 4.90 Å². The van der Waals surface area contributed by atoms with Gasteiger partial charge in [0.25, 0.3) is 0 Å². The maximum absolute atomic E-state index is 9.84. The summed E-state index contributed by atoms with van der Waals surface area (Å²) in [5.74, 6) is 1.41. The Balaban J connectivity index is 0.000000826. The first kappa shape index (κ1) is 27.4. The summed E-state index contributed by atoms with van der Waals surface area (Å²) in [6.07, 6.45) is 16.3. The summed E-state index contributed by atoms with van der Waals surface area (Å²) in [5.41, 5.74) is 5.43. The van der Waals surface area contributed by atoms with Crippen LogP contribution in [0.1, 0.15) is 66.7 Å². The van der Waals surface area contributed by atoms with Crippen molar-refractivity contribution >= 4 is 22.6 Å². The molecule has 2 aliphatic carbocycles. The molecule has 0 amide bonds. The number of aliphatic hydroxyl groups is 1. The summed E-state index contributed by atoms with van der Waals surface area (Å²) in [5, 5.41) is 9.84. The van der Waals surface area contributed by atoms with Gasteiger partial charge in [0, 0.05) is 6.54 Å². The molecule has 0 aromatic rings. The van der Waals surface area contributed by atoms with E-state index in [0.29, 0.717) is 5.92 Å². The van der Waals surface area contributed by atoms with E-state index in [0.717, 1.165) is 25.3 Å². The maximum atomic E-state index is 9.84. The smallest absolute Gasteiger partial charge is 0.0761 e. The van der Waals surface area contributed by atoms with Gasteiger partial charge in [-0.25, -0.2) is 0 Å². The van der Waals surface area contributed by atoms with Crippen LogP contribution in [0.4, 0.5) is 0 Å². The van der Waals surface area contributed by atoms with Crippen molar-refractivity contribution in [3.8, 4) is 0 Å². The Bertz CT molecular complexity index is 635. The Labute approximate surface area is 200 Å². The Kier molecular flexibility index (Phi) is 13.9. The Morgan fingerprint density at radius 3 is 2.47 bits per heavy atom. The molecule has 1 saturated carbocycles. The number of allylic oxidation sites excluding steroid dienone is 5. The van der Waals surface area contributed by atoms with E-state index in [-0.39, 0.29) is 6.10 Å². The first-order chi connectivity index (χ1) is 14.5. The quantitative estimate of drug-likeness (QED) is 0.232. The molecule has 0 bridgehead atoms. The van der Waals surface area contributed by atoms with Crippen molar-refractivity contribution in [2.24, 2.45) is 11.8 Å². The zero-order valence-electron chi connectivity index (χ0n) is 20.0. The lowest BCUT2D eigenvalue weighted by Crippen LogP contribution is -2.35. The average Bonchev–Trinajstić information content (AvgIpc) is 3.05. The maximum Gasteiger partial charge on any atom is 0.0761 e. The van der Waals surface area contributed by atoms with E-state index in [1.165, 1.54) is 59.1 Å². The highest BCUT2D eigenvalue weighted by Crippen LogP contribution is 2.45. The zero-order chi connectivity index (χ0) is 22.5. The van der Waals surface area contributed by atoms with Crippen LogP contribution in [0.5, 0.6) is 0 Å². The van der Waals surface area contributed by atoms with E-state index >= 15 is 0 Å². The molecule has 3 rings (SSSR count). The highest BCUT2D eigenvalue weighted by atomic mass is 127. The monoisotopic (exact) mass is 525 g/mol. The molecular formula is C27H44INO. The van der Waals surface area contributed by atoms with Crippen LogP contribution < -0.4 is 0 Å². The second-order valence-corrected chi connectivity index (χ2v) is 9.65. The third-order valence-corrected chi connectivity index (χ3v) is 6.09. The van der Waals surface area contributed by atoms with Crippen molar-refractivity contribution in [3.63, 3.8) is 0 Å². The molecule has 0 aromatic heterocycles. The first-order valence-corrected chi connectivity index (χ1v) is 13.4. The van der Waals surface area contributed by atoms with E-state index in [9.17, 15) is 5.11 Å². The van der Waals surface area contributed by atoms with Gasteiger partial charge in [-0.05, 0) is 97.6 Å². The molecule has 30 heavy (non-hydrogen) atoms. The van der Waals surface area contributed by atoms with E-state index in [1.54, 1.807) is 0 Å². The number of hydrogen-bond acceptors (Lipinski definition) is 2. The average molecular weight is 526 g/mol. The van der Waals surface area contributed by atoms with Crippen LogP contribution in [0.3, 0.4) is 0 Å². The number of alkyl halides is 1. The molecule has 1 N–H and O–H groups in total. The van der Waals surface area contributed by atoms with Gasteiger partial charge in [0.2, 0.25) is 0 Å². The molecule has 2 unspecified atom stereocenters. The molecular weight excluding hydrogens is 481 g/mol. The largest absolute Gasteiger partial charge is 0.389 e. The van der Waals surface area contributed by atoms with Crippen molar-refractivity contribution in [2.75, 3.05) is 24.1 Å². The summed E-state index contributed by atoms with van der Waals surface area (Å²) >= 11 is 2.29. The molecule has 2 fully saturated rings. The second-order valence-electron chi connectivity index (χ2n) is 8.13. The van der Waals surface area contributed by atoms with Gasteiger partial charge in [0.05, 0.1) is 6.10 Å². The Morgan fingerprint density at radius 2 is 1.90 bits per heavy atom. The van der Waals surface area contributed by atoms with Gasteiger partial charge in [-0.15, -0.1) is 0 Å². The predicted octanol–water partition coefficient (Wildman–Crippen LogP) is 7.27. The number of halogens is 1. The Hall–Kier alpha value is -0.650. The van der Waals surface area contributed by atoms with Crippen molar-refractivity contribution in [3.05, 3.63) is 59.3 Å². The minimum Gasteiger partial charge on any atom is -0.389 e. The molecule has 2 atom stereocenters. The molecule has 0 aromatic carbocycles. The topological polar surface area (TPSA) is 23.5 Å². The Morgan fingerprint density at radius 1 is 1.27 bits per heavy atom. The number of fused-ring (bicyclic) bond motifs is 1. The second kappa shape index (κ2) is 15.2. The fourth-order valence-electron chi connectivity index (χ4n) is 4.60. The summed E-state index contributed by atoms with van der Waals surface area (Å²) in [7, 11) is 0. The minimum atomic E-state index is -0.286. The van der Waals surface area contributed by atoms with Gasteiger partial charge < -0.3 is 5.11 Å². The van der Waals surface area contributed by atoms with Gasteiger partial charge in [-0.1, -0.05) is 80.3 Å². The van der Waals surface area contributed by atoms with Crippen molar-refractivity contribution in [1.29, 1.82) is 0 Å². The summed E-state index contributed by atoms with van der Waals surface area (Å²) in [4.78, 5) is 2.59. The first-order valence-electron chi connectivity index (χ1n) is 11.9. The fraction of sp³-hybridized carbons (Fsp3) is 0.630. The molecule has 0 spiro atoms. The minimum absolute atomic E-state index is 0.286. The van der Waals surface area contributed by atoms with E-state index in [1.807, 2.05) is 13.8 Å².